The molecule has 0 saturated carbocycles. The Kier molecular flexibility index (Phi) is 3.63. The highest BCUT2D eigenvalue weighted by molar-refractivity contribution is 5.40. The number of nitrogens with zero attached hydrogens (tertiary/aromatic N) is 1. The molecular weight excluding hydrogens is 226 g/mol. The van der Waals surface area contributed by atoms with Crippen molar-refractivity contribution in [1.29, 1.82) is 0 Å². The van der Waals surface area contributed by atoms with Crippen molar-refractivity contribution in [2.45, 2.75) is 20.0 Å². The van der Waals surface area contributed by atoms with E-state index in [4.69, 9.17) is 4.74 Å². The zero-order valence-electron chi connectivity index (χ0n) is 10.8. The van der Waals surface area contributed by atoms with Gasteiger partial charge in [-0.25, -0.2) is 0 Å². The second kappa shape index (κ2) is 5.19. The third kappa shape index (κ3) is 2.36. The highest BCUT2D eigenvalue weighted by atomic mass is 16.5. The Morgan fingerprint density at radius 3 is 2.61 bits per heavy atom. The number of aromatic nitrogens is 1. The first-order valence-electron chi connectivity index (χ1n) is 5.86. The number of pyridine rings is 1. The molecular formula is C15H17NO2. The molecule has 18 heavy (non-hydrogen) atoms. The fourth-order valence-electron chi connectivity index (χ4n) is 1.90. The average Bonchev–Trinajstić information content (AvgIpc) is 2.41. The summed E-state index contributed by atoms with van der Waals surface area (Å²) in [5.41, 5.74) is 3.98. The molecule has 0 aliphatic rings. The zero-order chi connectivity index (χ0) is 13.1. The molecule has 0 bridgehead atoms. The number of aryl methyl sites for hydroxylation is 2. The third-order valence-corrected chi connectivity index (χ3v) is 3.18. The molecule has 2 rings (SSSR count). The zero-order valence-corrected chi connectivity index (χ0v) is 10.8. The van der Waals surface area contributed by atoms with Crippen LogP contribution in [0.3, 0.4) is 0 Å². The van der Waals surface area contributed by atoms with Crippen molar-refractivity contribution in [3.63, 3.8) is 0 Å². The molecule has 0 aliphatic heterocycles. The molecule has 1 unspecified atom stereocenters. The van der Waals surface area contributed by atoms with Gasteiger partial charge in [0.15, 0.2) is 0 Å². The minimum Gasteiger partial charge on any atom is -0.495 e. The van der Waals surface area contributed by atoms with Crippen molar-refractivity contribution >= 4 is 0 Å². The molecule has 2 aromatic rings. The quantitative estimate of drug-likeness (QED) is 0.901. The number of aliphatic hydroxyl groups is 1. The van der Waals surface area contributed by atoms with Gasteiger partial charge in [0.1, 0.15) is 11.9 Å². The van der Waals surface area contributed by atoms with Crippen LogP contribution < -0.4 is 4.74 Å². The van der Waals surface area contributed by atoms with E-state index in [9.17, 15) is 5.11 Å². The van der Waals surface area contributed by atoms with Crippen LogP contribution in [0.4, 0.5) is 0 Å². The molecule has 0 fully saturated rings. The van der Waals surface area contributed by atoms with Crippen LogP contribution in [0.1, 0.15) is 28.4 Å². The van der Waals surface area contributed by atoms with Gasteiger partial charge in [-0.15, -0.1) is 0 Å². The molecule has 3 heteroatoms. The van der Waals surface area contributed by atoms with Crippen molar-refractivity contribution < 1.29 is 9.84 Å². The lowest BCUT2D eigenvalue weighted by molar-refractivity contribution is 0.214. The minimum atomic E-state index is -0.692. The summed E-state index contributed by atoms with van der Waals surface area (Å²) in [5.74, 6) is 0.600. The molecule has 1 atom stereocenters. The van der Waals surface area contributed by atoms with Crippen LogP contribution in [-0.2, 0) is 0 Å². The van der Waals surface area contributed by atoms with Crippen molar-refractivity contribution in [2.75, 3.05) is 7.11 Å². The van der Waals surface area contributed by atoms with Crippen molar-refractivity contribution in [3.8, 4) is 5.75 Å². The van der Waals surface area contributed by atoms with Gasteiger partial charge >= 0.3 is 0 Å². The van der Waals surface area contributed by atoms with E-state index < -0.39 is 6.10 Å². The first-order chi connectivity index (χ1) is 8.63. The van der Waals surface area contributed by atoms with E-state index in [2.05, 4.69) is 11.9 Å². The molecule has 1 N–H and O–H groups in total. The van der Waals surface area contributed by atoms with Crippen LogP contribution in [0.5, 0.6) is 5.75 Å². The standard InChI is InChI=1S/C15H17NO2/c1-10-4-5-12(8-11(10)2)15(17)13-6-7-16-9-14(13)18-3/h4-9,15,17H,1-3H3. The molecule has 1 aromatic heterocycles. The summed E-state index contributed by atoms with van der Waals surface area (Å²) in [6.45, 7) is 4.09. The lowest BCUT2D eigenvalue weighted by Crippen LogP contribution is -2.03. The number of hydrogen-bond donors (Lipinski definition) is 1. The van der Waals surface area contributed by atoms with E-state index >= 15 is 0 Å². The highest BCUT2D eigenvalue weighted by Crippen LogP contribution is 2.29. The molecule has 1 heterocycles. The molecule has 0 radical (unpaired) electrons. The predicted octanol–water partition coefficient (Wildman–Crippen LogP) is 2.79. The largest absolute Gasteiger partial charge is 0.495 e. The van der Waals surface area contributed by atoms with Crippen LogP contribution in [0, 0.1) is 13.8 Å². The maximum Gasteiger partial charge on any atom is 0.143 e. The van der Waals surface area contributed by atoms with Gasteiger partial charge in [-0.2, -0.15) is 0 Å². The van der Waals surface area contributed by atoms with E-state index in [0.717, 1.165) is 11.1 Å². The molecule has 0 saturated heterocycles. The van der Waals surface area contributed by atoms with Crippen LogP contribution in [0.25, 0.3) is 0 Å². The van der Waals surface area contributed by atoms with Gasteiger partial charge in [-0.05, 0) is 36.6 Å². The van der Waals surface area contributed by atoms with Gasteiger partial charge in [0.2, 0.25) is 0 Å². The van der Waals surface area contributed by atoms with Gasteiger partial charge in [0.25, 0.3) is 0 Å². The summed E-state index contributed by atoms with van der Waals surface area (Å²) in [6.07, 6.45) is 2.57. The molecule has 3 nitrogen and oxygen atoms in total. The third-order valence-electron chi connectivity index (χ3n) is 3.18. The van der Waals surface area contributed by atoms with Crippen molar-refractivity contribution in [3.05, 3.63) is 58.9 Å². The Hall–Kier alpha value is -1.87. The first-order valence-corrected chi connectivity index (χ1v) is 5.86. The van der Waals surface area contributed by atoms with E-state index in [1.807, 2.05) is 25.1 Å². The fourth-order valence-corrected chi connectivity index (χ4v) is 1.90. The van der Waals surface area contributed by atoms with E-state index in [0.29, 0.717) is 5.75 Å². The van der Waals surface area contributed by atoms with E-state index in [1.165, 1.54) is 11.1 Å². The SMILES string of the molecule is COc1cnccc1C(O)c1ccc(C)c(C)c1. The van der Waals surface area contributed by atoms with Crippen LogP contribution >= 0.6 is 0 Å². The molecule has 0 aliphatic carbocycles. The number of hydrogen-bond acceptors (Lipinski definition) is 3. The second-order valence-electron chi connectivity index (χ2n) is 4.36. The smallest absolute Gasteiger partial charge is 0.143 e. The maximum absolute atomic E-state index is 10.4. The topological polar surface area (TPSA) is 42.4 Å². The fraction of sp³-hybridized carbons (Fsp3) is 0.267. The van der Waals surface area contributed by atoms with E-state index in [1.54, 1.807) is 25.6 Å². The number of rotatable bonds is 3. The molecule has 0 amide bonds. The summed E-state index contributed by atoms with van der Waals surface area (Å²) in [4.78, 5) is 3.99. The summed E-state index contributed by atoms with van der Waals surface area (Å²) in [5, 5.41) is 10.4. The number of methoxy groups -OCH3 is 1. The predicted molar refractivity (Wildman–Crippen MR) is 70.8 cm³/mol. The minimum absolute atomic E-state index is 0.600. The molecule has 94 valence electrons. The molecule has 1 aromatic carbocycles. The second-order valence-corrected chi connectivity index (χ2v) is 4.36. The Bertz CT molecular complexity index is 552. The summed E-state index contributed by atoms with van der Waals surface area (Å²) < 4.78 is 5.22. The van der Waals surface area contributed by atoms with Crippen LogP contribution in [0.2, 0.25) is 0 Å². The van der Waals surface area contributed by atoms with Gasteiger partial charge in [-0.1, -0.05) is 18.2 Å². The highest BCUT2D eigenvalue weighted by Gasteiger charge is 2.15. The normalized spacial score (nSPS) is 12.2. The van der Waals surface area contributed by atoms with Gasteiger partial charge in [0.05, 0.1) is 13.3 Å². The van der Waals surface area contributed by atoms with Crippen molar-refractivity contribution in [2.24, 2.45) is 0 Å². The Morgan fingerprint density at radius 2 is 1.94 bits per heavy atom. The van der Waals surface area contributed by atoms with Crippen LogP contribution in [-0.4, -0.2) is 17.2 Å². The Morgan fingerprint density at radius 1 is 1.17 bits per heavy atom. The summed E-state index contributed by atoms with van der Waals surface area (Å²) in [7, 11) is 1.58. The number of ether oxygens (including phenoxy) is 1. The van der Waals surface area contributed by atoms with E-state index in [-0.39, 0.29) is 0 Å². The lowest BCUT2D eigenvalue weighted by Gasteiger charge is -2.15. The van der Waals surface area contributed by atoms with Gasteiger partial charge in [-0.3, -0.25) is 4.98 Å². The van der Waals surface area contributed by atoms with Gasteiger partial charge in [0, 0.05) is 11.8 Å². The maximum atomic E-state index is 10.4. The first kappa shape index (κ1) is 12.6. The Labute approximate surface area is 107 Å². The summed E-state index contributed by atoms with van der Waals surface area (Å²) in [6, 6.07) is 7.73. The summed E-state index contributed by atoms with van der Waals surface area (Å²) >= 11 is 0. The monoisotopic (exact) mass is 243 g/mol. The van der Waals surface area contributed by atoms with Gasteiger partial charge < -0.3 is 9.84 Å². The lowest BCUT2D eigenvalue weighted by atomic mass is 9.98. The van der Waals surface area contributed by atoms with Crippen LogP contribution in [0.15, 0.2) is 36.7 Å². The molecule has 0 spiro atoms. The average molecular weight is 243 g/mol. The van der Waals surface area contributed by atoms with Crippen molar-refractivity contribution in [1.82, 2.24) is 4.98 Å². The Balaban J connectivity index is 2.41. The number of benzene rings is 1. The number of aliphatic hydroxyl groups excluding tert-OH is 1.